The first-order valence-corrected chi connectivity index (χ1v) is 9.44. The minimum Gasteiger partial charge on any atom is -0.481 e. The van der Waals surface area contributed by atoms with Gasteiger partial charge >= 0.3 is 5.97 Å². The summed E-state index contributed by atoms with van der Waals surface area (Å²) in [7, 11) is 0. The minimum absolute atomic E-state index is 0.149. The van der Waals surface area contributed by atoms with Crippen molar-refractivity contribution in [2.75, 3.05) is 0 Å². The number of pyridine rings is 1. The third-order valence-corrected chi connectivity index (χ3v) is 6.02. The highest BCUT2D eigenvalue weighted by atomic mass is 16.4. The first kappa shape index (κ1) is 16.4. The summed E-state index contributed by atoms with van der Waals surface area (Å²) in [4.78, 5) is 16.6. The molecule has 1 aromatic rings. The second-order valence-corrected chi connectivity index (χ2v) is 7.63. The molecule has 4 aliphatic rings. The summed E-state index contributed by atoms with van der Waals surface area (Å²) in [5, 5.41) is 23.6. The van der Waals surface area contributed by atoms with Crippen LogP contribution in [0.25, 0.3) is 11.6 Å². The van der Waals surface area contributed by atoms with E-state index in [0.717, 1.165) is 28.9 Å². The van der Waals surface area contributed by atoms with Crippen LogP contribution < -0.4 is 5.43 Å². The average molecular weight is 363 g/mol. The van der Waals surface area contributed by atoms with Gasteiger partial charge in [-0.25, -0.2) is 4.98 Å². The molecule has 4 atom stereocenters. The maximum absolute atomic E-state index is 11.6. The van der Waals surface area contributed by atoms with Gasteiger partial charge in [-0.15, -0.1) is 0 Å². The third-order valence-electron chi connectivity index (χ3n) is 6.02. The molecule has 4 unspecified atom stereocenters. The summed E-state index contributed by atoms with van der Waals surface area (Å²) in [6, 6.07) is 0.149. The molecule has 1 aromatic heterocycles. The zero-order chi connectivity index (χ0) is 18.5. The van der Waals surface area contributed by atoms with Crippen LogP contribution in [0.15, 0.2) is 29.4 Å². The maximum atomic E-state index is 11.6. The number of fused-ring (bicyclic) bond motifs is 5. The van der Waals surface area contributed by atoms with Gasteiger partial charge in [0.2, 0.25) is 0 Å². The number of carboxylic acid groups (broad SMARTS) is 1. The molecule has 27 heavy (non-hydrogen) atoms. The predicted molar refractivity (Wildman–Crippen MR) is 102 cm³/mol. The van der Waals surface area contributed by atoms with Crippen molar-refractivity contribution in [2.24, 2.45) is 11.0 Å². The Labute approximate surface area is 157 Å². The summed E-state index contributed by atoms with van der Waals surface area (Å²) < 4.78 is 0. The van der Waals surface area contributed by atoms with Crippen molar-refractivity contribution in [1.29, 1.82) is 0 Å². The summed E-state index contributed by atoms with van der Waals surface area (Å²) in [6.07, 6.45) is 13.8. The van der Waals surface area contributed by atoms with Gasteiger partial charge in [-0.05, 0) is 54.0 Å². The van der Waals surface area contributed by atoms with Gasteiger partial charge in [0.25, 0.3) is 0 Å². The van der Waals surface area contributed by atoms with E-state index < -0.39 is 12.1 Å². The van der Waals surface area contributed by atoms with Crippen molar-refractivity contribution in [3.05, 3.63) is 52.4 Å². The summed E-state index contributed by atoms with van der Waals surface area (Å²) in [5.41, 5.74) is 9.40. The number of rotatable bonds is 2. The SMILES string of the molecule is O=C(O)C1CCc2c(c(C3=CCC(O)C=C3)nc3c2C2C=NNC2C=C3)C1. The van der Waals surface area contributed by atoms with Crippen molar-refractivity contribution in [2.45, 2.75) is 43.7 Å². The number of aliphatic hydroxyl groups excluding tert-OH is 1. The molecule has 0 saturated carbocycles. The van der Waals surface area contributed by atoms with Crippen molar-refractivity contribution >= 4 is 23.8 Å². The lowest BCUT2D eigenvalue weighted by atomic mass is 9.74. The van der Waals surface area contributed by atoms with Gasteiger partial charge < -0.3 is 15.6 Å². The highest BCUT2D eigenvalue weighted by Gasteiger charge is 2.36. The highest BCUT2D eigenvalue weighted by molar-refractivity contribution is 5.83. The number of hydrogen-bond donors (Lipinski definition) is 3. The first-order chi connectivity index (χ1) is 13.1. The highest BCUT2D eigenvalue weighted by Crippen LogP contribution is 2.41. The second-order valence-electron chi connectivity index (χ2n) is 7.63. The van der Waals surface area contributed by atoms with Crippen LogP contribution in [-0.4, -0.2) is 39.5 Å². The normalized spacial score (nSPS) is 30.2. The van der Waals surface area contributed by atoms with E-state index in [1.54, 1.807) is 6.08 Å². The zero-order valence-electron chi connectivity index (χ0n) is 14.8. The fraction of sp³-hybridized carbons (Fsp3) is 0.381. The average Bonchev–Trinajstić information content (AvgIpc) is 3.16. The minimum atomic E-state index is -0.741. The lowest BCUT2D eigenvalue weighted by Crippen LogP contribution is -2.31. The number of nitrogens with zero attached hydrogens (tertiary/aromatic N) is 2. The van der Waals surface area contributed by atoms with E-state index in [1.165, 1.54) is 11.1 Å². The molecule has 0 aromatic carbocycles. The number of aromatic nitrogens is 1. The van der Waals surface area contributed by atoms with E-state index >= 15 is 0 Å². The Kier molecular flexibility index (Phi) is 3.75. The number of aliphatic hydroxyl groups is 1. The molecule has 3 N–H and O–H groups in total. The summed E-state index contributed by atoms with van der Waals surface area (Å²) in [6.45, 7) is 0. The number of allylic oxidation sites excluding steroid dienone is 2. The van der Waals surface area contributed by atoms with Crippen molar-refractivity contribution in [1.82, 2.24) is 10.4 Å². The Morgan fingerprint density at radius 2 is 2.11 bits per heavy atom. The molecule has 0 spiro atoms. The van der Waals surface area contributed by atoms with Crippen LogP contribution in [0.4, 0.5) is 0 Å². The van der Waals surface area contributed by atoms with Crippen molar-refractivity contribution in [3.8, 4) is 0 Å². The number of hydrogen-bond acceptors (Lipinski definition) is 5. The Morgan fingerprint density at radius 1 is 1.22 bits per heavy atom. The van der Waals surface area contributed by atoms with Crippen LogP contribution in [0.5, 0.6) is 0 Å². The van der Waals surface area contributed by atoms with Gasteiger partial charge in [0, 0.05) is 12.1 Å². The van der Waals surface area contributed by atoms with Crippen molar-refractivity contribution < 1.29 is 15.0 Å². The fourth-order valence-electron chi connectivity index (χ4n) is 4.61. The summed E-state index contributed by atoms with van der Waals surface area (Å²) in [5.74, 6) is -0.964. The molecule has 0 saturated heterocycles. The monoisotopic (exact) mass is 363 g/mol. The number of aliphatic carboxylic acids is 1. The Bertz CT molecular complexity index is 944. The molecular formula is C21H21N3O3. The lowest BCUT2D eigenvalue weighted by Gasteiger charge is -2.32. The summed E-state index contributed by atoms with van der Waals surface area (Å²) >= 11 is 0. The van der Waals surface area contributed by atoms with E-state index in [0.29, 0.717) is 19.3 Å². The number of carbonyl (C=O) groups is 1. The number of hydrazone groups is 1. The van der Waals surface area contributed by atoms with Crippen LogP contribution in [-0.2, 0) is 17.6 Å². The molecule has 138 valence electrons. The second kappa shape index (κ2) is 6.16. The van der Waals surface area contributed by atoms with Crippen LogP contribution in [0.3, 0.4) is 0 Å². The van der Waals surface area contributed by atoms with Gasteiger partial charge in [0.1, 0.15) is 0 Å². The molecule has 0 fully saturated rings. The first-order valence-electron chi connectivity index (χ1n) is 9.44. The Hall–Kier alpha value is -2.73. The third kappa shape index (κ3) is 2.63. The maximum Gasteiger partial charge on any atom is 0.306 e. The van der Waals surface area contributed by atoms with E-state index in [9.17, 15) is 15.0 Å². The molecule has 6 heteroatoms. The molecule has 2 heterocycles. The van der Waals surface area contributed by atoms with Crippen LogP contribution >= 0.6 is 0 Å². The smallest absolute Gasteiger partial charge is 0.306 e. The van der Waals surface area contributed by atoms with E-state index in [2.05, 4.69) is 16.6 Å². The van der Waals surface area contributed by atoms with Gasteiger partial charge in [0.05, 0.1) is 29.5 Å². The molecular weight excluding hydrogens is 342 g/mol. The molecule has 3 aliphatic carbocycles. The van der Waals surface area contributed by atoms with Crippen LogP contribution in [0.2, 0.25) is 0 Å². The van der Waals surface area contributed by atoms with Gasteiger partial charge in [0.15, 0.2) is 0 Å². The van der Waals surface area contributed by atoms with E-state index in [1.807, 2.05) is 24.4 Å². The van der Waals surface area contributed by atoms with Gasteiger partial charge in [-0.2, -0.15) is 5.10 Å². The largest absolute Gasteiger partial charge is 0.481 e. The van der Waals surface area contributed by atoms with E-state index in [4.69, 9.17) is 4.98 Å². The van der Waals surface area contributed by atoms with E-state index in [-0.39, 0.29) is 17.9 Å². The number of nitrogens with one attached hydrogen (secondary N) is 1. The molecule has 0 radical (unpaired) electrons. The Morgan fingerprint density at radius 3 is 2.89 bits per heavy atom. The topological polar surface area (TPSA) is 94.8 Å². The zero-order valence-corrected chi connectivity index (χ0v) is 14.8. The quantitative estimate of drug-likeness (QED) is 0.747. The van der Waals surface area contributed by atoms with Crippen LogP contribution in [0.1, 0.15) is 46.8 Å². The molecule has 1 aliphatic heterocycles. The molecule has 6 nitrogen and oxygen atoms in total. The molecule has 0 bridgehead atoms. The lowest BCUT2D eigenvalue weighted by molar-refractivity contribution is -0.142. The predicted octanol–water partition coefficient (Wildman–Crippen LogP) is 2.04. The Balaban J connectivity index is 1.69. The number of carboxylic acids is 1. The standard InChI is InChI=1S/C21H21N3O3/c25-13-4-1-11(2-5-13)20-15-9-12(21(26)27)3-6-14(15)19-16-10-22-24-17(16)7-8-18(19)23-20/h1-2,4,7-8,10,12-13,16-17,24-25H,3,5-6,9H2,(H,26,27). The van der Waals surface area contributed by atoms with Crippen LogP contribution in [0, 0.1) is 5.92 Å². The van der Waals surface area contributed by atoms with Gasteiger partial charge in [-0.3, -0.25) is 4.79 Å². The fourth-order valence-corrected chi connectivity index (χ4v) is 4.61. The molecule has 5 rings (SSSR count). The van der Waals surface area contributed by atoms with Crippen molar-refractivity contribution in [3.63, 3.8) is 0 Å². The molecule has 0 amide bonds. The van der Waals surface area contributed by atoms with Gasteiger partial charge in [-0.1, -0.05) is 24.3 Å².